The summed E-state index contributed by atoms with van der Waals surface area (Å²) in [6.07, 6.45) is -6.44. The number of rotatable bonds is 5. The third-order valence-corrected chi connectivity index (χ3v) is 1.56. The van der Waals surface area contributed by atoms with E-state index in [-0.39, 0.29) is 6.61 Å². The minimum absolute atomic E-state index is 0.0471. The first-order valence-electron chi connectivity index (χ1n) is 4.51. The highest BCUT2D eigenvalue weighted by Gasteiger charge is 2.63. The largest absolute Gasteiger partial charge is 0.466 e. The summed E-state index contributed by atoms with van der Waals surface area (Å²) in [7, 11) is 0. The van der Waals surface area contributed by atoms with Gasteiger partial charge in [0.2, 0.25) is 0 Å². The highest BCUT2D eigenvalue weighted by atomic mass is 19.4. The molecule has 4 nitrogen and oxygen atoms in total. The summed E-state index contributed by atoms with van der Waals surface area (Å²) in [5.41, 5.74) is 0. The fraction of sp³-hybridized carbons (Fsp3) is 0.750. The van der Waals surface area contributed by atoms with E-state index in [2.05, 4.69) is 4.74 Å². The Labute approximate surface area is 93.1 Å². The van der Waals surface area contributed by atoms with Crippen LogP contribution in [0.4, 0.5) is 22.0 Å². The second kappa shape index (κ2) is 5.78. The van der Waals surface area contributed by atoms with Crippen molar-refractivity contribution in [3.05, 3.63) is 0 Å². The molecule has 0 aromatic heterocycles. The zero-order valence-corrected chi connectivity index (χ0v) is 8.74. The molecule has 0 atom stereocenters. The monoisotopic (exact) mass is 263 g/mol. The molecule has 0 saturated carbocycles. The van der Waals surface area contributed by atoms with Gasteiger partial charge < -0.3 is 10.1 Å². The lowest BCUT2D eigenvalue weighted by molar-refractivity contribution is -0.269. The highest BCUT2D eigenvalue weighted by molar-refractivity contribution is 5.84. The van der Waals surface area contributed by atoms with Gasteiger partial charge in [-0.1, -0.05) is 0 Å². The first kappa shape index (κ1) is 15.6. The molecule has 100 valence electrons. The van der Waals surface area contributed by atoms with Crippen LogP contribution in [-0.2, 0) is 14.3 Å². The Bertz CT molecular complexity index is 289. The molecule has 1 N–H and O–H groups in total. The lowest BCUT2D eigenvalue weighted by Gasteiger charge is -2.18. The minimum atomic E-state index is -5.96. The molecule has 0 aliphatic heterocycles. The SMILES string of the molecule is CCOC(=O)CCNC(=O)C(F)(F)C(F)(F)F. The molecule has 0 saturated heterocycles. The summed E-state index contributed by atoms with van der Waals surface area (Å²) in [6, 6.07) is 0. The van der Waals surface area contributed by atoms with E-state index in [0.29, 0.717) is 0 Å². The standard InChI is InChI=1S/C8H10F5NO3/c1-2-17-5(15)3-4-14-6(16)7(9,10)8(11,12)13/h2-4H2,1H3,(H,14,16). The fourth-order valence-corrected chi connectivity index (χ4v) is 0.751. The van der Waals surface area contributed by atoms with E-state index >= 15 is 0 Å². The molecule has 0 fully saturated rings. The van der Waals surface area contributed by atoms with Crippen molar-refractivity contribution >= 4 is 11.9 Å². The van der Waals surface area contributed by atoms with E-state index in [1.165, 1.54) is 12.2 Å². The first-order chi connectivity index (χ1) is 7.63. The second-order valence-electron chi connectivity index (χ2n) is 2.88. The van der Waals surface area contributed by atoms with Gasteiger partial charge in [0.25, 0.3) is 5.91 Å². The van der Waals surface area contributed by atoms with E-state index in [9.17, 15) is 31.5 Å². The van der Waals surface area contributed by atoms with Crippen molar-refractivity contribution < 1.29 is 36.3 Å². The number of hydrogen-bond acceptors (Lipinski definition) is 3. The lowest BCUT2D eigenvalue weighted by atomic mass is 10.3. The van der Waals surface area contributed by atoms with Crippen LogP contribution in [0.5, 0.6) is 0 Å². The quantitative estimate of drug-likeness (QED) is 0.600. The van der Waals surface area contributed by atoms with Gasteiger partial charge in [0.15, 0.2) is 0 Å². The van der Waals surface area contributed by atoms with Gasteiger partial charge in [-0.3, -0.25) is 9.59 Å². The van der Waals surface area contributed by atoms with Crippen LogP contribution in [0.15, 0.2) is 0 Å². The molecular formula is C8H10F5NO3. The smallest absolute Gasteiger partial charge is 0.463 e. The number of amides is 1. The molecule has 1 amide bonds. The maximum atomic E-state index is 12.3. The predicted molar refractivity (Wildman–Crippen MR) is 45.3 cm³/mol. The molecule has 0 aliphatic rings. The molecule has 0 spiro atoms. The summed E-state index contributed by atoms with van der Waals surface area (Å²) >= 11 is 0. The Hall–Kier alpha value is -1.41. The molecule has 0 radical (unpaired) electrons. The zero-order chi connectivity index (χ0) is 13.7. The van der Waals surface area contributed by atoms with Crippen LogP contribution in [-0.4, -0.2) is 37.1 Å². The van der Waals surface area contributed by atoms with Crippen molar-refractivity contribution in [3.63, 3.8) is 0 Å². The molecular weight excluding hydrogens is 253 g/mol. The molecule has 0 heterocycles. The van der Waals surface area contributed by atoms with E-state index in [1.54, 1.807) is 0 Å². The Kier molecular flexibility index (Phi) is 5.30. The zero-order valence-electron chi connectivity index (χ0n) is 8.74. The maximum absolute atomic E-state index is 12.3. The molecule has 0 aliphatic carbocycles. The fourth-order valence-electron chi connectivity index (χ4n) is 0.751. The van der Waals surface area contributed by atoms with Gasteiger partial charge in [-0.05, 0) is 6.92 Å². The van der Waals surface area contributed by atoms with Crippen molar-refractivity contribution in [3.8, 4) is 0 Å². The van der Waals surface area contributed by atoms with Gasteiger partial charge in [0.1, 0.15) is 0 Å². The number of ether oxygens (including phenoxy) is 1. The van der Waals surface area contributed by atoms with Crippen molar-refractivity contribution in [2.24, 2.45) is 0 Å². The molecule has 9 heteroatoms. The van der Waals surface area contributed by atoms with Gasteiger partial charge in [0.05, 0.1) is 13.0 Å². The van der Waals surface area contributed by atoms with Crippen molar-refractivity contribution in [2.75, 3.05) is 13.2 Å². The molecule has 17 heavy (non-hydrogen) atoms. The normalized spacial score (nSPS) is 12.1. The summed E-state index contributed by atoms with van der Waals surface area (Å²) in [4.78, 5) is 21.2. The molecule has 0 rings (SSSR count). The molecule has 0 unspecified atom stereocenters. The lowest BCUT2D eigenvalue weighted by Crippen LogP contribution is -2.50. The minimum Gasteiger partial charge on any atom is -0.466 e. The van der Waals surface area contributed by atoms with Crippen LogP contribution < -0.4 is 5.32 Å². The van der Waals surface area contributed by atoms with Crippen LogP contribution in [0, 0.1) is 0 Å². The van der Waals surface area contributed by atoms with Crippen LogP contribution in [0.2, 0.25) is 0 Å². The summed E-state index contributed by atoms with van der Waals surface area (Å²) in [5.74, 6) is -8.76. The van der Waals surface area contributed by atoms with E-state index in [4.69, 9.17) is 0 Å². The summed E-state index contributed by atoms with van der Waals surface area (Å²) < 4.78 is 64.1. The first-order valence-corrected chi connectivity index (χ1v) is 4.51. The van der Waals surface area contributed by atoms with Gasteiger partial charge in [-0.25, -0.2) is 0 Å². The average Bonchev–Trinajstić information content (AvgIpc) is 2.16. The topological polar surface area (TPSA) is 55.4 Å². The Morgan fingerprint density at radius 1 is 1.18 bits per heavy atom. The number of esters is 1. The third-order valence-electron chi connectivity index (χ3n) is 1.56. The van der Waals surface area contributed by atoms with E-state index in [0.717, 1.165) is 0 Å². The van der Waals surface area contributed by atoms with Crippen molar-refractivity contribution in [2.45, 2.75) is 25.4 Å². The molecule has 0 aromatic carbocycles. The summed E-state index contributed by atoms with van der Waals surface area (Å²) in [6.45, 7) is 0.892. The van der Waals surface area contributed by atoms with Crippen molar-refractivity contribution in [1.82, 2.24) is 5.32 Å². The number of alkyl halides is 5. The van der Waals surface area contributed by atoms with Gasteiger partial charge in [0, 0.05) is 6.54 Å². The molecule has 0 aromatic rings. The number of nitrogens with one attached hydrogen (secondary N) is 1. The molecule has 0 bridgehead atoms. The van der Waals surface area contributed by atoms with Gasteiger partial charge >= 0.3 is 18.1 Å². The van der Waals surface area contributed by atoms with E-state index < -0.39 is 36.9 Å². The highest BCUT2D eigenvalue weighted by Crippen LogP contribution is 2.35. The Balaban J connectivity index is 4.16. The maximum Gasteiger partial charge on any atom is 0.463 e. The van der Waals surface area contributed by atoms with Crippen LogP contribution in [0.25, 0.3) is 0 Å². The number of hydrogen-bond donors (Lipinski definition) is 1. The predicted octanol–water partition coefficient (Wildman–Crippen LogP) is 1.25. The van der Waals surface area contributed by atoms with Crippen LogP contribution >= 0.6 is 0 Å². The number of carbonyl (C=O) groups is 2. The third kappa shape index (κ3) is 4.53. The van der Waals surface area contributed by atoms with Gasteiger partial charge in [-0.15, -0.1) is 0 Å². The van der Waals surface area contributed by atoms with E-state index in [1.807, 2.05) is 0 Å². The number of carbonyl (C=O) groups excluding carboxylic acids is 2. The van der Waals surface area contributed by atoms with Crippen LogP contribution in [0.3, 0.4) is 0 Å². The number of halogens is 5. The van der Waals surface area contributed by atoms with Gasteiger partial charge in [-0.2, -0.15) is 22.0 Å². The Morgan fingerprint density at radius 2 is 1.71 bits per heavy atom. The summed E-state index contributed by atoms with van der Waals surface area (Å²) in [5, 5.41) is 1.31. The van der Waals surface area contributed by atoms with Crippen LogP contribution in [0.1, 0.15) is 13.3 Å². The average molecular weight is 263 g/mol. The van der Waals surface area contributed by atoms with Crippen molar-refractivity contribution in [1.29, 1.82) is 0 Å². The Morgan fingerprint density at radius 3 is 2.12 bits per heavy atom. The second-order valence-corrected chi connectivity index (χ2v) is 2.88.